The van der Waals surface area contributed by atoms with Gasteiger partial charge in [-0.2, -0.15) is 0 Å². The molecule has 0 saturated carbocycles. The molecule has 0 aliphatic heterocycles. The first-order valence-corrected chi connectivity index (χ1v) is 6.01. The Balaban J connectivity index is 2.15. The van der Waals surface area contributed by atoms with Gasteiger partial charge in [0.2, 0.25) is 5.91 Å². The van der Waals surface area contributed by atoms with Gasteiger partial charge in [0, 0.05) is 5.56 Å². The van der Waals surface area contributed by atoms with E-state index in [4.69, 9.17) is 21.6 Å². The lowest BCUT2D eigenvalue weighted by atomic mass is 10.0. The maximum absolute atomic E-state index is 11.0. The number of amides is 2. The SMILES string of the molecule is NC(=O)c1ccc(-c2ccc(C[C@H](N)C(N)=O)cc2)o1. The first-order valence-electron chi connectivity index (χ1n) is 6.01. The molecule has 0 radical (unpaired) electrons. The Hall–Kier alpha value is -2.60. The Morgan fingerprint density at radius 2 is 1.70 bits per heavy atom. The summed E-state index contributed by atoms with van der Waals surface area (Å²) in [5, 5.41) is 0. The van der Waals surface area contributed by atoms with Crippen molar-refractivity contribution in [3.05, 3.63) is 47.7 Å². The molecule has 104 valence electrons. The number of nitrogens with two attached hydrogens (primary N) is 3. The molecule has 6 N–H and O–H groups in total. The fourth-order valence-corrected chi connectivity index (χ4v) is 1.79. The summed E-state index contributed by atoms with van der Waals surface area (Å²) in [5.41, 5.74) is 17.5. The zero-order valence-electron chi connectivity index (χ0n) is 10.7. The molecule has 1 heterocycles. The molecule has 2 amide bonds. The molecule has 1 atom stereocenters. The molecule has 0 fully saturated rings. The van der Waals surface area contributed by atoms with Gasteiger partial charge in [-0.1, -0.05) is 24.3 Å². The molecule has 0 aliphatic rings. The molecule has 0 spiro atoms. The Kier molecular flexibility index (Phi) is 3.86. The molecule has 2 rings (SSSR count). The van der Waals surface area contributed by atoms with E-state index in [1.165, 1.54) is 6.07 Å². The van der Waals surface area contributed by atoms with Crippen LogP contribution < -0.4 is 17.2 Å². The topological polar surface area (TPSA) is 125 Å². The van der Waals surface area contributed by atoms with Crippen LogP contribution in [-0.4, -0.2) is 17.9 Å². The number of carbonyl (C=O) groups excluding carboxylic acids is 2. The highest BCUT2D eigenvalue weighted by atomic mass is 16.3. The van der Waals surface area contributed by atoms with Crippen molar-refractivity contribution in [1.82, 2.24) is 0 Å². The van der Waals surface area contributed by atoms with Crippen LogP contribution in [0.1, 0.15) is 16.1 Å². The first kappa shape index (κ1) is 13.8. The van der Waals surface area contributed by atoms with E-state index in [0.29, 0.717) is 12.2 Å². The second kappa shape index (κ2) is 5.58. The Labute approximate surface area is 115 Å². The number of rotatable bonds is 5. The Morgan fingerprint density at radius 3 is 2.20 bits per heavy atom. The number of hydrogen-bond acceptors (Lipinski definition) is 4. The van der Waals surface area contributed by atoms with E-state index in [0.717, 1.165) is 11.1 Å². The quantitative estimate of drug-likeness (QED) is 0.728. The first-order chi connectivity index (χ1) is 9.47. The molecule has 1 aromatic carbocycles. The van der Waals surface area contributed by atoms with Gasteiger partial charge in [0.15, 0.2) is 5.76 Å². The van der Waals surface area contributed by atoms with Crippen molar-refractivity contribution in [2.45, 2.75) is 12.5 Å². The van der Waals surface area contributed by atoms with Crippen molar-refractivity contribution in [2.75, 3.05) is 0 Å². The molecular weight excluding hydrogens is 258 g/mol. The largest absolute Gasteiger partial charge is 0.451 e. The second-order valence-corrected chi connectivity index (χ2v) is 4.44. The highest BCUT2D eigenvalue weighted by Crippen LogP contribution is 2.22. The van der Waals surface area contributed by atoms with Crippen LogP contribution in [0.5, 0.6) is 0 Å². The number of furan rings is 1. The van der Waals surface area contributed by atoms with Gasteiger partial charge in [0.25, 0.3) is 5.91 Å². The summed E-state index contributed by atoms with van der Waals surface area (Å²) in [6, 6.07) is 9.76. The van der Waals surface area contributed by atoms with Crippen LogP contribution in [0.4, 0.5) is 0 Å². The summed E-state index contributed by atoms with van der Waals surface area (Å²) in [6.45, 7) is 0. The van der Waals surface area contributed by atoms with Crippen LogP contribution in [0.15, 0.2) is 40.8 Å². The fourth-order valence-electron chi connectivity index (χ4n) is 1.79. The van der Waals surface area contributed by atoms with Gasteiger partial charge in [0.1, 0.15) is 5.76 Å². The Bertz CT molecular complexity index is 631. The maximum Gasteiger partial charge on any atom is 0.284 e. The summed E-state index contributed by atoms with van der Waals surface area (Å²) in [4.78, 5) is 21.9. The number of hydrogen-bond donors (Lipinski definition) is 3. The lowest BCUT2D eigenvalue weighted by Gasteiger charge is -2.07. The van der Waals surface area contributed by atoms with Gasteiger partial charge in [0.05, 0.1) is 6.04 Å². The summed E-state index contributed by atoms with van der Waals surface area (Å²) in [6.07, 6.45) is 0.375. The molecule has 6 nitrogen and oxygen atoms in total. The number of carbonyl (C=O) groups is 2. The lowest BCUT2D eigenvalue weighted by Crippen LogP contribution is -2.38. The van der Waals surface area contributed by atoms with Crippen LogP contribution in [0.25, 0.3) is 11.3 Å². The van der Waals surface area contributed by atoms with Crippen LogP contribution >= 0.6 is 0 Å². The third kappa shape index (κ3) is 3.04. The molecular formula is C14H15N3O3. The molecule has 2 aromatic rings. The van der Waals surface area contributed by atoms with E-state index in [9.17, 15) is 9.59 Å². The van der Waals surface area contributed by atoms with Crippen molar-refractivity contribution in [2.24, 2.45) is 17.2 Å². The van der Waals surface area contributed by atoms with Crippen molar-refractivity contribution in [1.29, 1.82) is 0 Å². The fraction of sp³-hybridized carbons (Fsp3) is 0.143. The number of benzene rings is 1. The normalized spacial score (nSPS) is 12.1. The second-order valence-electron chi connectivity index (χ2n) is 4.44. The minimum absolute atomic E-state index is 0.111. The number of primary amides is 2. The zero-order chi connectivity index (χ0) is 14.7. The highest BCUT2D eigenvalue weighted by molar-refractivity contribution is 5.90. The van der Waals surface area contributed by atoms with Gasteiger partial charge in [-0.25, -0.2) is 0 Å². The molecule has 1 aromatic heterocycles. The molecule has 0 saturated heterocycles. The minimum atomic E-state index is -0.703. The predicted molar refractivity (Wildman–Crippen MR) is 73.5 cm³/mol. The van der Waals surface area contributed by atoms with E-state index in [-0.39, 0.29) is 5.76 Å². The summed E-state index contributed by atoms with van der Waals surface area (Å²) in [7, 11) is 0. The summed E-state index contributed by atoms with van der Waals surface area (Å²) < 4.78 is 5.32. The van der Waals surface area contributed by atoms with Gasteiger partial charge in [-0.15, -0.1) is 0 Å². The van der Waals surface area contributed by atoms with E-state index in [2.05, 4.69) is 0 Å². The van der Waals surface area contributed by atoms with Gasteiger partial charge >= 0.3 is 0 Å². The highest BCUT2D eigenvalue weighted by Gasteiger charge is 2.11. The molecule has 6 heteroatoms. The van der Waals surface area contributed by atoms with Crippen LogP contribution in [-0.2, 0) is 11.2 Å². The molecule has 20 heavy (non-hydrogen) atoms. The standard InChI is InChI=1S/C14H15N3O3/c15-10(13(16)18)7-8-1-3-9(4-2-8)11-5-6-12(20-11)14(17)19/h1-6,10H,7,15H2,(H2,16,18)(H2,17,19)/t10-/m0/s1. The smallest absolute Gasteiger partial charge is 0.284 e. The van der Waals surface area contributed by atoms with E-state index in [1.807, 2.05) is 24.3 Å². The monoisotopic (exact) mass is 273 g/mol. The van der Waals surface area contributed by atoms with Crippen molar-refractivity contribution < 1.29 is 14.0 Å². The van der Waals surface area contributed by atoms with Crippen LogP contribution in [0, 0.1) is 0 Å². The van der Waals surface area contributed by atoms with Crippen molar-refractivity contribution in [3.8, 4) is 11.3 Å². The minimum Gasteiger partial charge on any atom is -0.451 e. The molecule has 0 unspecified atom stereocenters. The predicted octanol–water partition coefficient (Wildman–Crippen LogP) is 0.401. The van der Waals surface area contributed by atoms with Crippen LogP contribution in [0.3, 0.4) is 0 Å². The average Bonchev–Trinajstić information content (AvgIpc) is 2.89. The summed E-state index contributed by atoms with van der Waals surface area (Å²) in [5.74, 6) is -0.490. The van der Waals surface area contributed by atoms with E-state index < -0.39 is 17.9 Å². The molecule has 0 aliphatic carbocycles. The van der Waals surface area contributed by atoms with E-state index in [1.54, 1.807) is 6.07 Å². The Morgan fingerprint density at radius 1 is 1.05 bits per heavy atom. The van der Waals surface area contributed by atoms with E-state index >= 15 is 0 Å². The van der Waals surface area contributed by atoms with Gasteiger partial charge in [-0.3, -0.25) is 9.59 Å². The maximum atomic E-state index is 11.0. The average molecular weight is 273 g/mol. The lowest BCUT2D eigenvalue weighted by molar-refractivity contribution is -0.119. The van der Waals surface area contributed by atoms with Crippen LogP contribution in [0.2, 0.25) is 0 Å². The third-order valence-corrected chi connectivity index (χ3v) is 2.91. The third-order valence-electron chi connectivity index (χ3n) is 2.91. The molecule has 0 bridgehead atoms. The van der Waals surface area contributed by atoms with Crippen molar-refractivity contribution in [3.63, 3.8) is 0 Å². The van der Waals surface area contributed by atoms with Crippen molar-refractivity contribution >= 4 is 11.8 Å². The van der Waals surface area contributed by atoms with Gasteiger partial charge < -0.3 is 21.6 Å². The zero-order valence-corrected chi connectivity index (χ0v) is 10.7. The van der Waals surface area contributed by atoms with Gasteiger partial charge in [-0.05, 0) is 24.1 Å². The summed E-state index contributed by atoms with van der Waals surface area (Å²) >= 11 is 0.